The minimum atomic E-state index is -1.26. The van der Waals surface area contributed by atoms with Gasteiger partial charge in [-0.05, 0) is 13.8 Å². The number of esters is 1. The highest BCUT2D eigenvalue weighted by atomic mass is 32.1. The van der Waals surface area contributed by atoms with Crippen molar-refractivity contribution in [1.29, 1.82) is 0 Å². The summed E-state index contributed by atoms with van der Waals surface area (Å²) in [6.45, 7) is 3.18. The van der Waals surface area contributed by atoms with E-state index in [0.29, 0.717) is 5.01 Å². The van der Waals surface area contributed by atoms with E-state index >= 15 is 0 Å². The van der Waals surface area contributed by atoms with Crippen molar-refractivity contribution < 1.29 is 14.6 Å². The molecule has 4 nitrogen and oxygen atoms in total. The summed E-state index contributed by atoms with van der Waals surface area (Å²) in [4.78, 5) is 15.2. The minimum Gasteiger partial charge on any atom is -0.469 e. The molecular formula is C9H13NO3S. The van der Waals surface area contributed by atoms with Gasteiger partial charge in [0.15, 0.2) is 0 Å². The summed E-state index contributed by atoms with van der Waals surface area (Å²) in [7, 11) is 1.30. The Kier molecular flexibility index (Phi) is 3.23. The number of ether oxygens (including phenoxy) is 1. The number of aromatic nitrogens is 1. The van der Waals surface area contributed by atoms with Gasteiger partial charge in [0.05, 0.1) is 13.0 Å². The maximum atomic E-state index is 11.2. The molecule has 0 bridgehead atoms. The second-order valence-corrected chi connectivity index (χ2v) is 4.12. The highest BCUT2D eigenvalue weighted by molar-refractivity contribution is 7.09. The molecule has 78 valence electrons. The van der Waals surface area contributed by atoms with E-state index in [9.17, 15) is 9.90 Å². The van der Waals surface area contributed by atoms with Gasteiger partial charge < -0.3 is 9.84 Å². The van der Waals surface area contributed by atoms with Crippen LogP contribution in [0.5, 0.6) is 0 Å². The first kappa shape index (κ1) is 11.1. The SMILES string of the molecule is COC(=O)C(C)C(C)(O)c1nccs1. The highest BCUT2D eigenvalue weighted by Crippen LogP contribution is 2.31. The third-order valence-corrected chi connectivity index (χ3v) is 3.26. The maximum absolute atomic E-state index is 11.2. The Balaban J connectivity index is 2.90. The lowest BCUT2D eigenvalue weighted by Gasteiger charge is -2.25. The molecule has 0 radical (unpaired) electrons. The Morgan fingerprint density at radius 1 is 1.79 bits per heavy atom. The number of thiazole rings is 1. The molecule has 2 unspecified atom stereocenters. The maximum Gasteiger partial charge on any atom is 0.311 e. The van der Waals surface area contributed by atoms with Gasteiger partial charge in [0, 0.05) is 11.6 Å². The average Bonchev–Trinajstić information content (AvgIpc) is 2.68. The van der Waals surface area contributed by atoms with Gasteiger partial charge in [-0.3, -0.25) is 4.79 Å². The lowest BCUT2D eigenvalue weighted by molar-refractivity contribution is -0.154. The molecule has 0 aromatic carbocycles. The van der Waals surface area contributed by atoms with Crippen molar-refractivity contribution in [2.45, 2.75) is 19.4 Å². The number of hydrogen-bond donors (Lipinski definition) is 1. The Morgan fingerprint density at radius 2 is 2.43 bits per heavy atom. The number of aliphatic hydroxyl groups is 1. The fourth-order valence-electron chi connectivity index (χ4n) is 1.06. The molecule has 1 rings (SSSR count). The van der Waals surface area contributed by atoms with Crippen LogP contribution >= 0.6 is 11.3 Å². The second kappa shape index (κ2) is 4.06. The van der Waals surface area contributed by atoms with E-state index < -0.39 is 17.5 Å². The van der Waals surface area contributed by atoms with Crippen molar-refractivity contribution in [1.82, 2.24) is 4.98 Å². The minimum absolute atomic E-state index is 0.440. The molecule has 0 saturated carbocycles. The van der Waals surface area contributed by atoms with Gasteiger partial charge in [-0.2, -0.15) is 0 Å². The number of hydrogen-bond acceptors (Lipinski definition) is 5. The molecule has 0 aliphatic heterocycles. The van der Waals surface area contributed by atoms with Crippen LogP contribution in [0.1, 0.15) is 18.9 Å². The highest BCUT2D eigenvalue weighted by Gasteiger charge is 2.38. The molecule has 1 N–H and O–H groups in total. The predicted octanol–water partition coefficient (Wildman–Crippen LogP) is 1.16. The first-order chi connectivity index (χ1) is 6.50. The molecule has 14 heavy (non-hydrogen) atoms. The first-order valence-corrected chi connectivity index (χ1v) is 5.08. The number of methoxy groups -OCH3 is 1. The molecule has 0 aliphatic rings. The van der Waals surface area contributed by atoms with Crippen molar-refractivity contribution in [2.24, 2.45) is 5.92 Å². The molecule has 1 heterocycles. The van der Waals surface area contributed by atoms with Gasteiger partial charge in [-0.1, -0.05) is 0 Å². The van der Waals surface area contributed by atoms with Gasteiger partial charge >= 0.3 is 5.97 Å². The summed E-state index contributed by atoms with van der Waals surface area (Å²) in [6, 6.07) is 0. The van der Waals surface area contributed by atoms with E-state index in [0.717, 1.165) is 0 Å². The molecule has 0 amide bonds. The number of nitrogens with zero attached hydrogens (tertiary/aromatic N) is 1. The Bertz CT molecular complexity index is 308. The first-order valence-electron chi connectivity index (χ1n) is 4.20. The zero-order valence-corrected chi connectivity index (χ0v) is 9.17. The molecule has 0 fully saturated rings. The fraction of sp³-hybridized carbons (Fsp3) is 0.556. The summed E-state index contributed by atoms with van der Waals surface area (Å²) in [6.07, 6.45) is 1.60. The van der Waals surface area contributed by atoms with Crippen LogP contribution in [0.25, 0.3) is 0 Å². The molecule has 1 aromatic rings. The van der Waals surface area contributed by atoms with Crippen LogP contribution < -0.4 is 0 Å². The van der Waals surface area contributed by atoms with Crippen LogP contribution in [0.4, 0.5) is 0 Å². The lowest BCUT2D eigenvalue weighted by atomic mass is 9.91. The zero-order chi connectivity index (χ0) is 10.8. The van der Waals surface area contributed by atoms with Gasteiger partial charge in [0.25, 0.3) is 0 Å². The van der Waals surface area contributed by atoms with Crippen molar-refractivity contribution in [3.05, 3.63) is 16.6 Å². The van der Waals surface area contributed by atoms with Crippen molar-refractivity contribution in [3.8, 4) is 0 Å². The number of carbonyl (C=O) groups is 1. The molecule has 0 saturated heterocycles. The average molecular weight is 215 g/mol. The van der Waals surface area contributed by atoms with Crippen molar-refractivity contribution >= 4 is 17.3 Å². The summed E-state index contributed by atoms with van der Waals surface area (Å²) in [5, 5.41) is 12.4. The molecule has 0 spiro atoms. The van der Waals surface area contributed by atoms with Gasteiger partial charge in [0.2, 0.25) is 0 Å². The van der Waals surface area contributed by atoms with E-state index in [-0.39, 0.29) is 0 Å². The van der Waals surface area contributed by atoms with Crippen LogP contribution in [0.3, 0.4) is 0 Å². The van der Waals surface area contributed by atoms with E-state index in [1.54, 1.807) is 25.4 Å². The molecule has 1 aromatic heterocycles. The fourth-order valence-corrected chi connectivity index (χ4v) is 1.85. The van der Waals surface area contributed by atoms with Gasteiger partial charge in [-0.15, -0.1) is 11.3 Å². The Morgan fingerprint density at radius 3 is 2.86 bits per heavy atom. The van der Waals surface area contributed by atoms with Crippen molar-refractivity contribution in [2.75, 3.05) is 7.11 Å². The molecule has 5 heteroatoms. The van der Waals surface area contributed by atoms with Crippen molar-refractivity contribution in [3.63, 3.8) is 0 Å². The molecular weight excluding hydrogens is 202 g/mol. The van der Waals surface area contributed by atoms with Gasteiger partial charge in [-0.25, -0.2) is 4.98 Å². The summed E-state index contributed by atoms with van der Waals surface area (Å²) in [5.74, 6) is -1.07. The zero-order valence-electron chi connectivity index (χ0n) is 8.35. The normalized spacial score (nSPS) is 17.1. The summed E-state index contributed by atoms with van der Waals surface area (Å²) in [5.41, 5.74) is -1.26. The molecule has 2 atom stereocenters. The quantitative estimate of drug-likeness (QED) is 0.769. The standard InChI is InChI=1S/C9H13NO3S/c1-6(7(11)13-3)9(2,12)8-10-4-5-14-8/h4-6,12H,1-3H3. The van der Waals surface area contributed by atoms with Crippen LogP contribution in [0.15, 0.2) is 11.6 Å². The van der Waals surface area contributed by atoms with E-state index in [2.05, 4.69) is 9.72 Å². The summed E-state index contributed by atoms with van der Waals surface area (Å²) < 4.78 is 4.57. The van der Waals surface area contributed by atoms with E-state index in [1.165, 1.54) is 18.4 Å². The van der Waals surface area contributed by atoms with Crippen LogP contribution in [0, 0.1) is 5.92 Å². The molecule has 0 aliphatic carbocycles. The summed E-state index contributed by atoms with van der Waals surface area (Å²) >= 11 is 1.32. The topological polar surface area (TPSA) is 59.4 Å². The predicted molar refractivity (Wildman–Crippen MR) is 52.9 cm³/mol. The van der Waals surface area contributed by atoms with E-state index in [4.69, 9.17) is 0 Å². The third kappa shape index (κ3) is 1.93. The largest absolute Gasteiger partial charge is 0.469 e. The smallest absolute Gasteiger partial charge is 0.311 e. The second-order valence-electron chi connectivity index (χ2n) is 3.23. The van der Waals surface area contributed by atoms with Gasteiger partial charge in [0.1, 0.15) is 10.6 Å². The lowest BCUT2D eigenvalue weighted by Crippen LogP contribution is -2.35. The monoisotopic (exact) mass is 215 g/mol. The Hall–Kier alpha value is -0.940. The van der Waals surface area contributed by atoms with Crippen LogP contribution in [-0.2, 0) is 15.1 Å². The van der Waals surface area contributed by atoms with Crippen LogP contribution in [-0.4, -0.2) is 23.2 Å². The number of rotatable bonds is 3. The number of carbonyl (C=O) groups excluding carboxylic acids is 1. The Labute approximate surface area is 86.6 Å². The van der Waals surface area contributed by atoms with E-state index in [1.807, 2.05) is 0 Å². The van der Waals surface area contributed by atoms with Crippen LogP contribution in [0.2, 0.25) is 0 Å². The third-order valence-electron chi connectivity index (χ3n) is 2.26.